The van der Waals surface area contributed by atoms with Gasteiger partial charge < -0.3 is 20.3 Å². The molecule has 2 amide bonds. The zero-order valence-electron chi connectivity index (χ0n) is 18.6. The van der Waals surface area contributed by atoms with Crippen LogP contribution in [0.2, 0.25) is 0 Å². The van der Waals surface area contributed by atoms with Crippen molar-refractivity contribution in [2.75, 3.05) is 13.1 Å². The summed E-state index contributed by atoms with van der Waals surface area (Å²) in [5.41, 5.74) is 1.61. The highest BCUT2D eigenvalue weighted by Crippen LogP contribution is 2.34. The highest BCUT2D eigenvalue weighted by molar-refractivity contribution is 5.87. The molecular formula is C25H26F3N3O3. The van der Waals surface area contributed by atoms with Crippen molar-refractivity contribution < 1.29 is 27.9 Å². The number of alkyl halides is 3. The molecule has 2 aromatic carbocycles. The van der Waals surface area contributed by atoms with Crippen molar-refractivity contribution in [3.63, 3.8) is 0 Å². The van der Waals surface area contributed by atoms with Gasteiger partial charge in [0.2, 0.25) is 0 Å². The maximum atomic E-state index is 13.0. The number of amides is 2. The molecule has 34 heavy (non-hydrogen) atoms. The summed E-state index contributed by atoms with van der Waals surface area (Å²) in [7, 11) is 0. The predicted octanol–water partition coefficient (Wildman–Crippen LogP) is 5.33. The number of rotatable bonds is 5. The molecule has 6 nitrogen and oxygen atoms in total. The van der Waals surface area contributed by atoms with E-state index in [1.165, 1.54) is 17.0 Å². The number of aromatic amines is 1. The maximum absolute atomic E-state index is 13.0. The minimum Gasteiger partial charge on any atom is -0.480 e. The molecule has 9 heteroatoms. The van der Waals surface area contributed by atoms with E-state index in [1.54, 1.807) is 19.2 Å². The van der Waals surface area contributed by atoms with Gasteiger partial charge in [-0.3, -0.25) is 0 Å². The first kappa shape index (κ1) is 23.7. The van der Waals surface area contributed by atoms with Crippen molar-refractivity contribution >= 4 is 22.9 Å². The number of para-hydroxylation sites is 1. The first-order valence-electron chi connectivity index (χ1n) is 11.2. The number of carboxylic acids is 1. The number of fused-ring (bicyclic) bond motifs is 1. The molecule has 180 valence electrons. The summed E-state index contributed by atoms with van der Waals surface area (Å²) >= 11 is 0. The third-order valence-corrected chi connectivity index (χ3v) is 6.62. The monoisotopic (exact) mass is 473 g/mol. The van der Waals surface area contributed by atoms with E-state index >= 15 is 0 Å². The molecule has 0 spiro atoms. The molecule has 0 bridgehead atoms. The SMILES string of the molecule is C[C@@H](c1c[nH]c2ccccc12)[C@@H](NC(=O)N1CCC(c2cccc(C(F)(F)F)c2)CC1)C(=O)O. The average Bonchev–Trinajstić information content (AvgIpc) is 3.26. The second kappa shape index (κ2) is 9.40. The normalized spacial score (nSPS) is 16.9. The second-order valence-electron chi connectivity index (χ2n) is 8.73. The average molecular weight is 473 g/mol. The number of nitrogens with zero attached hydrogens (tertiary/aromatic N) is 1. The maximum Gasteiger partial charge on any atom is 0.416 e. The van der Waals surface area contributed by atoms with Gasteiger partial charge in [0.15, 0.2) is 0 Å². The molecule has 0 unspecified atom stereocenters. The number of aliphatic carboxylic acids is 1. The molecule has 1 aliphatic rings. The molecule has 0 aliphatic carbocycles. The Hall–Kier alpha value is -3.49. The molecule has 1 aromatic heterocycles. The van der Waals surface area contributed by atoms with Crippen LogP contribution < -0.4 is 5.32 Å². The van der Waals surface area contributed by atoms with Crippen molar-refractivity contribution in [3.05, 3.63) is 71.4 Å². The summed E-state index contributed by atoms with van der Waals surface area (Å²) in [5.74, 6) is -1.71. The number of aromatic nitrogens is 1. The number of carboxylic acid groups (broad SMARTS) is 1. The Morgan fingerprint density at radius 1 is 1.12 bits per heavy atom. The van der Waals surface area contributed by atoms with Crippen molar-refractivity contribution in [1.29, 1.82) is 0 Å². The molecule has 3 N–H and O–H groups in total. The zero-order chi connectivity index (χ0) is 24.5. The van der Waals surface area contributed by atoms with E-state index in [0.717, 1.165) is 22.5 Å². The van der Waals surface area contributed by atoms with Crippen LogP contribution in [0.4, 0.5) is 18.0 Å². The third kappa shape index (κ3) is 4.88. The largest absolute Gasteiger partial charge is 0.480 e. The molecule has 4 rings (SSSR count). The first-order chi connectivity index (χ1) is 16.1. The van der Waals surface area contributed by atoms with Gasteiger partial charge in [-0.15, -0.1) is 0 Å². The van der Waals surface area contributed by atoms with Gasteiger partial charge in [0.05, 0.1) is 5.56 Å². The lowest BCUT2D eigenvalue weighted by molar-refractivity contribution is -0.140. The first-order valence-corrected chi connectivity index (χ1v) is 11.2. The molecular weight excluding hydrogens is 447 g/mol. The Balaban J connectivity index is 1.41. The summed E-state index contributed by atoms with van der Waals surface area (Å²) in [5, 5.41) is 13.4. The van der Waals surface area contributed by atoms with Gasteiger partial charge >= 0.3 is 18.2 Å². The summed E-state index contributed by atoms with van der Waals surface area (Å²) in [6.45, 7) is 2.43. The van der Waals surface area contributed by atoms with Crippen molar-refractivity contribution in [1.82, 2.24) is 15.2 Å². The van der Waals surface area contributed by atoms with Gasteiger partial charge in [0.25, 0.3) is 0 Å². The van der Waals surface area contributed by atoms with E-state index in [4.69, 9.17) is 0 Å². The van der Waals surface area contributed by atoms with E-state index in [2.05, 4.69) is 10.3 Å². The third-order valence-electron chi connectivity index (χ3n) is 6.62. The lowest BCUT2D eigenvalue weighted by Gasteiger charge is -2.34. The number of likely N-dealkylation sites (tertiary alicyclic amines) is 1. The molecule has 0 radical (unpaired) electrons. The fraction of sp³-hybridized carbons (Fsp3) is 0.360. The number of carbonyl (C=O) groups excluding carboxylic acids is 1. The number of carbonyl (C=O) groups is 2. The van der Waals surface area contributed by atoms with Crippen LogP contribution in [0.3, 0.4) is 0 Å². The van der Waals surface area contributed by atoms with E-state index in [0.29, 0.717) is 31.5 Å². The quantitative estimate of drug-likeness (QED) is 0.468. The Morgan fingerprint density at radius 3 is 2.50 bits per heavy atom. The van der Waals surface area contributed by atoms with Crippen LogP contribution in [0.1, 0.15) is 48.3 Å². The van der Waals surface area contributed by atoms with Crippen LogP contribution in [0.15, 0.2) is 54.7 Å². The van der Waals surface area contributed by atoms with Crippen LogP contribution in [0, 0.1) is 0 Å². The minimum atomic E-state index is -4.40. The summed E-state index contributed by atoms with van der Waals surface area (Å²) < 4.78 is 39.1. The number of hydrogen-bond acceptors (Lipinski definition) is 2. The Bertz CT molecular complexity index is 1180. The van der Waals surface area contributed by atoms with Crippen molar-refractivity contribution in [2.45, 2.75) is 43.8 Å². The van der Waals surface area contributed by atoms with E-state index in [1.807, 2.05) is 24.3 Å². The van der Waals surface area contributed by atoms with Gasteiger partial charge in [0.1, 0.15) is 6.04 Å². The van der Waals surface area contributed by atoms with E-state index in [9.17, 15) is 27.9 Å². The Labute approximate surface area is 194 Å². The standard InChI is InChI=1S/C25H26F3N3O3/c1-15(20-14-29-21-8-3-2-7-19(20)21)22(23(32)33)30-24(34)31-11-9-16(10-12-31)17-5-4-6-18(13-17)25(26,27)28/h2-8,13-16,22,29H,9-12H2,1H3,(H,30,34)(H,32,33)/t15-,22+/m0/s1. The van der Waals surface area contributed by atoms with Crippen molar-refractivity contribution in [3.8, 4) is 0 Å². The van der Waals surface area contributed by atoms with E-state index in [-0.39, 0.29) is 5.92 Å². The highest BCUT2D eigenvalue weighted by atomic mass is 19.4. The molecule has 0 saturated carbocycles. The number of benzene rings is 2. The highest BCUT2D eigenvalue weighted by Gasteiger charge is 2.34. The summed E-state index contributed by atoms with van der Waals surface area (Å²) in [6, 6.07) is 11.2. The molecule has 1 fully saturated rings. The lowest BCUT2D eigenvalue weighted by atomic mass is 9.88. The predicted molar refractivity (Wildman–Crippen MR) is 122 cm³/mol. The number of H-pyrrole nitrogens is 1. The van der Waals surface area contributed by atoms with Gasteiger partial charge in [-0.1, -0.05) is 43.3 Å². The second-order valence-corrected chi connectivity index (χ2v) is 8.73. The minimum absolute atomic E-state index is 0.0910. The number of halogens is 3. The number of nitrogens with one attached hydrogen (secondary N) is 2. The van der Waals surface area contributed by atoms with Gasteiger partial charge in [0, 0.05) is 36.1 Å². The topological polar surface area (TPSA) is 85.4 Å². The molecule has 2 heterocycles. The van der Waals surface area contributed by atoms with Gasteiger partial charge in [-0.25, -0.2) is 9.59 Å². The fourth-order valence-electron chi connectivity index (χ4n) is 4.66. The van der Waals surface area contributed by atoms with Crippen LogP contribution in [-0.2, 0) is 11.0 Å². The van der Waals surface area contributed by atoms with Crippen LogP contribution in [0.25, 0.3) is 10.9 Å². The number of hydrogen-bond donors (Lipinski definition) is 3. The zero-order valence-corrected chi connectivity index (χ0v) is 18.6. The Morgan fingerprint density at radius 2 is 1.82 bits per heavy atom. The van der Waals surface area contributed by atoms with Crippen LogP contribution in [-0.4, -0.2) is 46.1 Å². The molecule has 2 atom stereocenters. The number of urea groups is 1. The Kier molecular flexibility index (Phi) is 6.54. The molecule has 1 aliphatic heterocycles. The van der Waals surface area contributed by atoms with Gasteiger partial charge in [-0.2, -0.15) is 13.2 Å². The smallest absolute Gasteiger partial charge is 0.416 e. The molecule has 1 saturated heterocycles. The molecule has 3 aromatic rings. The van der Waals surface area contributed by atoms with Crippen LogP contribution in [0.5, 0.6) is 0 Å². The van der Waals surface area contributed by atoms with E-state index < -0.39 is 35.7 Å². The summed E-state index contributed by atoms with van der Waals surface area (Å²) in [4.78, 5) is 29.5. The summed E-state index contributed by atoms with van der Waals surface area (Å²) in [6.07, 6.45) is -1.63. The van der Waals surface area contributed by atoms with Gasteiger partial charge in [-0.05, 0) is 42.0 Å². The van der Waals surface area contributed by atoms with Crippen LogP contribution >= 0.6 is 0 Å². The lowest BCUT2D eigenvalue weighted by Crippen LogP contribution is -2.51. The fourth-order valence-corrected chi connectivity index (χ4v) is 4.66. The van der Waals surface area contributed by atoms with Crippen molar-refractivity contribution in [2.24, 2.45) is 0 Å². The number of piperidine rings is 1.